The van der Waals surface area contributed by atoms with Crippen LogP contribution in [-0.4, -0.2) is 38.1 Å². The van der Waals surface area contributed by atoms with Crippen molar-refractivity contribution >= 4 is 24.3 Å². The smallest absolute Gasteiger partial charge is 0.307 e. The van der Waals surface area contributed by atoms with Gasteiger partial charge in [0, 0.05) is 13.1 Å². The molecule has 0 saturated carbocycles. The van der Waals surface area contributed by atoms with E-state index >= 15 is 0 Å². The van der Waals surface area contributed by atoms with Crippen molar-refractivity contribution in [1.82, 2.24) is 10.6 Å². The quantitative estimate of drug-likeness (QED) is 0.709. The van der Waals surface area contributed by atoms with Gasteiger partial charge in [0.15, 0.2) is 0 Å². The van der Waals surface area contributed by atoms with Crippen LogP contribution in [0.2, 0.25) is 0 Å². The van der Waals surface area contributed by atoms with Gasteiger partial charge in [0.1, 0.15) is 0 Å². The summed E-state index contributed by atoms with van der Waals surface area (Å²) in [6.45, 7) is 4.26. The van der Waals surface area contributed by atoms with Crippen LogP contribution in [0.5, 0.6) is 0 Å². The lowest BCUT2D eigenvalue weighted by molar-refractivity contribution is -0.143. The zero-order valence-corrected chi connectivity index (χ0v) is 11.0. The van der Waals surface area contributed by atoms with Gasteiger partial charge in [-0.2, -0.15) is 0 Å². The van der Waals surface area contributed by atoms with E-state index in [2.05, 4.69) is 10.6 Å². The average Bonchev–Trinajstić information content (AvgIpc) is 2.30. The molecule has 0 aromatic heterocycles. The fourth-order valence-corrected chi connectivity index (χ4v) is 1.74. The second-order valence-corrected chi connectivity index (χ2v) is 3.89. The van der Waals surface area contributed by atoms with Crippen molar-refractivity contribution in [3.8, 4) is 0 Å². The van der Waals surface area contributed by atoms with Crippen LogP contribution in [0.25, 0.3) is 0 Å². The topological polar surface area (TPSA) is 67.4 Å². The summed E-state index contributed by atoms with van der Waals surface area (Å²) in [5.41, 5.74) is 0. The number of hydrogen-bond donors (Lipinski definition) is 2. The lowest BCUT2D eigenvalue weighted by Gasteiger charge is -2.21. The number of ether oxygens (including phenoxy) is 1. The maximum atomic E-state index is 11.6. The monoisotopic (exact) mass is 264 g/mol. The Labute approximate surface area is 108 Å². The van der Waals surface area contributed by atoms with Crippen molar-refractivity contribution in [2.45, 2.75) is 26.2 Å². The summed E-state index contributed by atoms with van der Waals surface area (Å²) in [5, 5.41) is 5.94. The Morgan fingerprint density at radius 2 is 2.24 bits per heavy atom. The van der Waals surface area contributed by atoms with Crippen LogP contribution in [-0.2, 0) is 14.3 Å². The number of carbonyl (C=O) groups is 2. The standard InChI is InChI=1S/C11H20N2O3.ClH/c1-2-16-10(14)5-7-13-11(15)9-4-3-6-12-8-9;/h9,12H,2-8H2,1H3,(H,13,15);1H/t9-;/m1./s1. The number of amides is 1. The molecule has 1 saturated heterocycles. The molecule has 100 valence electrons. The summed E-state index contributed by atoms with van der Waals surface area (Å²) in [5.74, 6) is -0.169. The maximum absolute atomic E-state index is 11.6. The molecule has 0 unspecified atom stereocenters. The molecule has 1 aliphatic heterocycles. The van der Waals surface area contributed by atoms with Gasteiger partial charge in [-0.3, -0.25) is 9.59 Å². The highest BCUT2D eigenvalue weighted by atomic mass is 35.5. The third kappa shape index (κ3) is 6.48. The van der Waals surface area contributed by atoms with E-state index in [4.69, 9.17) is 4.74 Å². The van der Waals surface area contributed by atoms with Gasteiger partial charge in [-0.25, -0.2) is 0 Å². The minimum atomic E-state index is -0.260. The lowest BCUT2D eigenvalue weighted by atomic mass is 9.99. The van der Waals surface area contributed by atoms with Gasteiger partial charge in [-0.1, -0.05) is 0 Å². The van der Waals surface area contributed by atoms with Crippen LogP contribution >= 0.6 is 12.4 Å². The van der Waals surface area contributed by atoms with E-state index in [-0.39, 0.29) is 36.6 Å². The molecule has 1 atom stereocenters. The number of nitrogens with one attached hydrogen (secondary N) is 2. The third-order valence-electron chi connectivity index (χ3n) is 2.60. The van der Waals surface area contributed by atoms with Gasteiger partial charge < -0.3 is 15.4 Å². The van der Waals surface area contributed by atoms with Gasteiger partial charge in [0.25, 0.3) is 0 Å². The van der Waals surface area contributed by atoms with E-state index in [0.29, 0.717) is 13.2 Å². The molecule has 2 N–H and O–H groups in total. The first-order valence-electron chi connectivity index (χ1n) is 5.88. The molecular weight excluding hydrogens is 244 g/mol. The highest BCUT2D eigenvalue weighted by Gasteiger charge is 2.20. The fraction of sp³-hybridized carbons (Fsp3) is 0.818. The van der Waals surface area contributed by atoms with E-state index in [1.807, 2.05) is 0 Å². The molecule has 0 radical (unpaired) electrons. The number of halogens is 1. The number of esters is 1. The molecule has 0 aromatic rings. The van der Waals surface area contributed by atoms with Crippen LogP contribution in [0.15, 0.2) is 0 Å². The molecule has 1 fully saturated rings. The lowest BCUT2D eigenvalue weighted by Crippen LogP contribution is -2.41. The summed E-state index contributed by atoms with van der Waals surface area (Å²) in [4.78, 5) is 22.6. The second kappa shape index (κ2) is 9.24. The zero-order chi connectivity index (χ0) is 11.8. The summed E-state index contributed by atoms with van der Waals surface area (Å²) >= 11 is 0. The molecule has 0 aromatic carbocycles. The van der Waals surface area contributed by atoms with Gasteiger partial charge in [-0.05, 0) is 26.3 Å². The molecule has 5 nitrogen and oxygen atoms in total. The molecular formula is C11H21ClN2O3. The fourth-order valence-electron chi connectivity index (χ4n) is 1.74. The second-order valence-electron chi connectivity index (χ2n) is 3.89. The Balaban J connectivity index is 0.00000256. The van der Waals surface area contributed by atoms with Crippen molar-refractivity contribution in [3.63, 3.8) is 0 Å². The van der Waals surface area contributed by atoms with Crippen molar-refractivity contribution in [2.24, 2.45) is 5.92 Å². The first-order chi connectivity index (χ1) is 7.74. The summed E-state index contributed by atoms with van der Waals surface area (Å²) in [7, 11) is 0. The summed E-state index contributed by atoms with van der Waals surface area (Å²) < 4.78 is 4.77. The summed E-state index contributed by atoms with van der Waals surface area (Å²) in [6.07, 6.45) is 2.22. The first-order valence-corrected chi connectivity index (χ1v) is 5.88. The third-order valence-corrected chi connectivity index (χ3v) is 2.60. The average molecular weight is 265 g/mol. The number of carbonyl (C=O) groups excluding carboxylic acids is 2. The van der Waals surface area contributed by atoms with Crippen molar-refractivity contribution in [1.29, 1.82) is 0 Å². The minimum absolute atomic E-state index is 0. The SMILES string of the molecule is CCOC(=O)CCNC(=O)[C@@H]1CCCNC1.Cl. The Hall–Kier alpha value is -0.810. The van der Waals surface area contributed by atoms with E-state index in [1.165, 1.54) is 0 Å². The first kappa shape index (κ1) is 16.2. The predicted molar refractivity (Wildman–Crippen MR) is 67.1 cm³/mol. The highest BCUT2D eigenvalue weighted by Crippen LogP contribution is 2.09. The minimum Gasteiger partial charge on any atom is -0.466 e. The zero-order valence-electron chi connectivity index (χ0n) is 10.2. The largest absolute Gasteiger partial charge is 0.466 e. The number of piperidine rings is 1. The van der Waals surface area contributed by atoms with Gasteiger partial charge in [-0.15, -0.1) is 12.4 Å². The van der Waals surface area contributed by atoms with Crippen molar-refractivity contribution in [3.05, 3.63) is 0 Å². The molecule has 17 heavy (non-hydrogen) atoms. The van der Waals surface area contributed by atoms with Gasteiger partial charge in [0.05, 0.1) is 18.9 Å². The molecule has 0 bridgehead atoms. The maximum Gasteiger partial charge on any atom is 0.307 e. The normalized spacial score (nSPS) is 19.0. The Morgan fingerprint density at radius 3 is 2.82 bits per heavy atom. The Kier molecular flexibility index (Phi) is 8.80. The van der Waals surface area contributed by atoms with Gasteiger partial charge >= 0.3 is 5.97 Å². The molecule has 0 spiro atoms. The van der Waals surface area contributed by atoms with Crippen molar-refractivity contribution < 1.29 is 14.3 Å². The van der Waals surface area contributed by atoms with Crippen LogP contribution in [0.3, 0.4) is 0 Å². The van der Waals surface area contributed by atoms with Crippen LogP contribution in [0.4, 0.5) is 0 Å². The summed E-state index contributed by atoms with van der Waals surface area (Å²) in [6, 6.07) is 0. The molecule has 1 aliphatic rings. The van der Waals surface area contributed by atoms with Crippen LogP contribution in [0.1, 0.15) is 26.2 Å². The van der Waals surface area contributed by atoms with Crippen LogP contribution in [0, 0.1) is 5.92 Å². The van der Waals surface area contributed by atoms with Crippen LogP contribution < -0.4 is 10.6 Å². The molecule has 1 rings (SSSR count). The Morgan fingerprint density at radius 1 is 1.47 bits per heavy atom. The van der Waals surface area contributed by atoms with E-state index in [1.54, 1.807) is 6.92 Å². The molecule has 1 amide bonds. The van der Waals surface area contributed by atoms with Crippen molar-refractivity contribution in [2.75, 3.05) is 26.2 Å². The van der Waals surface area contributed by atoms with Gasteiger partial charge in [0.2, 0.25) is 5.91 Å². The molecule has 1 heterocycles. The predicted octanol–water partition coefficient (Wildman–Crippen LogP) is 0.477. The van der Waals surface area contributed by atoms with E-state index < -0.39 is 0 Å². The number of rotatable bonds is 5. The molecule has 0 aliphatic carbocycles. The highest BCUT2D eigenvalue weighted by molar-refractivity contribution is 5.85. The van der Waals surface area contributed by atoms with E-state index in [0.717, 1.165) is 25.9 Å². The van der Waals surface area contributed by atoms with E-state index in [9.17, 15) is 9.59 Å². The number of hydrogen-bond acceptors (Lipinski definition) is 4. The molecule has 6 heteroatoms. The Bertz CT molecular complexity index is 243.